The van der Waals surface area contributed by atoms with E-state index in [4.69, 9.17) is 11.6 Å². The lowest BCUT2D eigenvalue weighted by atomic mass is 10.2. The molecule has 6 nitrogen and oxygen atoms in total. The van der Waals surface area contributed by atoms with E-state index in [-0.39, 0.29) is 5.91 Å². The Hall–Kier alpha value is -2.25. The second-order valence-electron chi connectivity index (χ2n) is 4.11. The molecule has 0 bridgehead atoms. The molecule has 0 fully saturated rings. The van der Waals surface area contributed by atoms with Gasteiger partial charge in [0.05, 0.1) is 9.21 Å². The molecule has 0 atom stereocenters. The fraction of sp³-hybridized carbons (Fsp3) is 0.0769. The first kappa shape index (κ1) is 13.7. The molecule has 8 heteroatoms. The zero-order valence-corrected chi connectivity index (χ0v) is 12.3. The van der Waals surface area contributed by atoms with Crippen LogP contribution in [0.5, 0.6) is 0 Å². The van der Waals surface area contributed by atoms with Crippen LogP contribution in [0.3, 0.4) is 0 Å². The summed E-state index contributed by atoms with van der Waals surface area (Å²) < 4.78 is 2.15. The number of carbonyl (C=O) groups excluding carboxylic acids is 1. The SMILES string of the molecule is O=C(NCc1cccnc1-n1cncn1)c1ccc(Cl)s1. The molecule has 3 aromatic rings. The van der Waals surface area contributed by atoms with Crippen LogP contribution in [0, 0.1) is 0 Å². The number of rotatable bonds is 4. The van der Waals surface area contributed by atoms with Gasteiger partial charge in [-0.15, -0.1) is 11.3 Å². The standard InChI is InChI=1S/C13H10ClN5OS/c14-11-4-3-10(21-11)13(20)17-6-9-2-1-5-16-12(9)19-8-15-7-18-19/h1-5,7-8H,6H2,(H,17,20). The number of carbonyl (C=O) groups is 1. The van der Waals surface area contributed by atoms with Crippen molar-refractivity contribution in [3.8, 4) is 5.82 Å². The summed E-state index contributed by atoms with van der Waals surface area (Å²) in [6.45, 7) is 0.345. The summed E-state index contributed by atoms with van der Waals surface area (Å²) in [6, 6.07) is 7.09. The Morgan fingerprint density at radius 1 is 1.38 bits per heavy atom. The van der Waals surface area contributed by atoms with Crippen LogP contribution in [0.15, 0.2) is 43.1 Å². The van der Waals surface area contributed by atoms with Crippen LogP contribution >= 0.6 is 22.9 Å². The number of thiophene rings is 1. The van der Waals surface area contributed by atoms with Crippen LogP contribution in [0.25, 0.3) is 5.82 Å². The lowest BCUT2D eigenvalue weighted by Gasteiger charge is -2.08. The van der Waals surface area contributed by atoms with Crippen LogP contribution in [0.2, 0.25) is 4.34 Å². The second-order valence-corrected chi connectivity index (χ2v) is 5.83. The van der Waals surface area contributed by atoms with Gasteiger partial charge in [-0.25, -0.2) is 14.6 Å². The zero-order chi connectivity index (χ0) is 14.7. The monoisotopic (exact) mass is 319 g/mol. The molecule has 0 radical (unpaired) electrons. The lowest BCUT2D eigenvalue weighted by molar-refractivity contribution is 0.0955. The highest BCUT2D eigenvalue weighted by atomic mass is 35.5. The number of nitrogens with one attached hydrogen (secondary N) is 1. The Bertz CT molecular complexity index is 756. The van der Waals surface area contributed by atoms with Crippen molar-refractivity contribution in [3.63, 3.8) is 0 Å². The molecule has 0 saturated heterocycles. The number of halogens is 1. The molecule has 21 heavy (non-hydrogen) atoms. The highest BCUT2D eigenvalue weighted by molar-refractivity contribution is 7.17. The summed E-state index contributed by atoms with van der Waals surface area (Å²) in [4.78, 5) is 20.8. The third-order valence-corrected chi connectivity index (χ3v) is 3.97. The Labute approximate surface area is 129 Å². The first-order valence-corrected chi connectivity index (χ1v) is 7.26. The maximum atomic E-state index is 12.0. The van der Waals surface area contributed by atoms with E-state index in [0.717, 1.165) is 5.56 Å². The smallest absolute Gasteiger partial charge is 0.261 e. The maximum Gasteiger partial charge on any atom is 0.261 e. The van der Waals surface area contributed by atoms with E-state index in [2.05, 4.69) is 20.4 Å². The number of pyridine rings is 1. The summed E-state index contributed by atoms with van der Waals surface area (Å²) in [6.07, 6.45) is 4.67. The largest absolute Gasteiger partial charge is 0.347 e. The van der Waals surface area contributed by atoms with Crippen molar-refractivity contribution in [2.75, 3.05) is 0 Å². The van der Waals surface area contributed by atoms with Crippen LogP contribution in [-0.2, 0) is 6.54 Å². The molecule has 0 aliphatic heterocycles. The Morgan fingerprint density at radius 3 is 3.00 bits per heavy atom. The fourth-order valence-electron chi connectivity index (χ4n) is 1.79. The molecule has 0 aromatic carbocycles. The fourth-order valence-corrected chi connectivity index (χ4v) is 2.75. The lowest BCUT2D eigenvalue weighted by Crippen LogP contribution is -2.23. The van der Waals surface area contributed by atoms with Gasteiger partial charge in [0.15, 0.2) is 5.82 Å². The number of nitrogens with zero attached hydrogens (tertiary/aromatic N) is 4. The number of hydrogen-bond acceptors (Lipinski definition) is 5. The van der Waals surface area contributed by atoms with Crippen LogP contribution < -0.4 is 5.32 Å². The molecule has 0 saturated carbocycles. The van der Waals surface area contributed by atoms with Gasteiger partial charge < -0.3 is 5.32 Å². The minimum atomic E-state index is -0.166. The van der Waals surface area contributed by atoms with E-state index in [1.807, 2.05) is 12.1 Å². The predicted molar refractivity (Wildman–Crippen MR) is 79.7 cm³/mol. The van der Waals surface area contributed by atoms with Crippen LogP contribution in [0.1, 0.15) is 15.2 Å². The highest BCUT2D eigenvalue weighted by Gasteiger charge is 2.11. The quantitative estimate of drug-likeness (QED) is 0.801. The first-order valence-electron chi connectivity index (χ1n) is 6.06. The van der Waals surface area contributed by atoms with Crippen molar-refractivity contribution in [2.24, 2.45) is 0 Å². The number of aromatic nitrogens is 4. The number of amides is 1. The molecule has 0 aliphatic carbocycles. The number of hydrogen-bond donors (Lipinski definition) is 1. The van der Waals surface area contributed by atoms with Crippen molar-refractivity contribution in [1.82, 2.24) is 25.1 Å². The van der Waals surface area contributed by atoms with Gasteiger partial charge in [0.2, 0.25) is 0 Å². The predicted octanol–water partition coefficient (Wildman–Crippen LogP) is 2.31. The van der Waals surface area contributed by atoms with Crippen molar-refractivity contribution in [3.05, 3.63) is 57.9 Å². The van der Waals surface area contributed by atoms with Gasteiger partial charge in [-0.3, -0.25) is 4.79 Å². The third-order valence-electron chi connectivity index (χ3n) is 2.74. The molecule has 3 rings (SSSR count). The van der Waals surface area contributed by atoms with Gasteiger partial charge in [-0.2, -0.15) is 5.10 Å². The molecule has 3 aromatic heterocycles. The van der Waals surface area contributed by atoms with Gasteiger partial charge in [-0.05, 0) is 18.2 Å². The van der Waals surface area contributed by atoms with Gasteiger partial charge in [-0.1, -0.05) is 17.7 Å². The Morgan fingerprint density at radius 2 is 2.29 bits per heavy atom. The average molecular weight is 320 g/mol. The summed E-state index contributed by atoms with van der Waals surface area (Å²) >= 11 is 7.07. The Balaban J connectivity index is 1.75. The van der Waals surface area contributed by atoms with Gasteiger partial charge in [0, 0.05) is 18.3 Å². The topological polar surface area (TPSA) is 72.7 Å². The van der Waals surface area contributed by atoms with E-state index in [9.17, 15) is 4.79 Å². The van der Waals surface area contributed by atoms with E-state index >= 15 is 0 Å². The summed E-state index contributed by atoms with van der Waals surface area (Å²) in [5.74, 6) is 0.472. The first-order chi connectivity index (χ1) is 10.2. The molecule has 3 heterocycles. The van der Waals surface area contributed by atoms with Crippen molar-refractivity contribution in [1.29, 1.82) is 0 Å². The maximum absolute atomic E-state index is 12.0. The molecule has 0 aliphatic rings. The second kappa shape index (κ2) is 6.02. The van der Waals surface area contributed by atoms with Crippen LogP contribution in [-0.4, -0.2) is 25.7 Å². The normalized spacial score (nSPS) is 10.5. The van der Waals surface area contributed by atoms with E-state index < -0.39 is 0 Å². The molecule has 0 spiro atoms. The summed E-state index contributed by atoms with van der Waals surface area (Å²) in [5.41, 5.74) is 0.846. The van der Waals surface area contributed by atoms with E-state index in [1.165, 1.54) is 17.7 Å². The third kappa shape index (κ3) is 3.09. The van der Waals surface area contributed by atoms with Gasteiger partial charge in [0.25, 0.3) is 5.91 Å². The summed E-state index contributed by atoms with van der Waals surface area (Å²) in [5, 5.41) is 6.89. The van der Waals surface area contributed by atoms with Gasteiger partial charge in [0.1, 0.15) is 12.7 Å². The van der Waals surface area contributed by atoms with Crippen molar-refractivity contribution >= 4 is 28.8 Å². The zero-order valence-electron chi connectivity index (χ0n) is 10.7. The van der Waals surface area contributed by atoms with Crippen molar-refractivity contribution in [2.45, 2.75) is 6.54 Å². The average Bonchev–Trinajstić information content (AvgIpc) is 3.16. The minimum Gasteiger partial charge on any atom is -0.347 e. The van der Waals surface area contributed by atoms with Crippen molar-refractivity contribution < 1.29 is 4.79 Å². The minimum absolute atomic E-state index is 0.166. The molecule has 0 unspecified atom stereocenters. The molecule has 1 amide bonds. The Kier molecular flexibility index (Phi) is 3.94. The molecular formula is C13H10ClN5OS. The van der Waals surface area contributed by atoms with E-state index in [1.54, 1.807) is 29.3 Å². The molecule has 106 valence electrons. The molecular weight excluding hydrogens is 310 g/mol. The van der Waals surface area contributed by atoms with E-state index in [0.29, 0.717) is 21.6 Å². The summed E-state index contributed by atoms with van der Waals surface area (Å²) in [7, 11) is 0. The molecule has 1 N–H and O–H groups in total. The highest BCUT2D eigenvalue weighted by Crippen LogP contribution is 2.21. The van der Waals surface area contributed by atoms with Crippen LogP contribution in [0.4, 0.5) is 0 Å². The van der Waals surface area contributed by atoms with Gasteiger partial charge >= 0.3 is 0 Å².